The van der Waals surface area contributed by atoms with Gasteiger partial charge in [-0.2, -0.15) is 0 Å². The van der Waals surface area contributed by atoms with Crippen molar-refractivity contribution in [1.29, 1.82) is 0 Å². The highest BCUT2D eigenvalue weighted by Gasteiger charge is 2.16. The molecular formula is C13H28N2O. The fourth-order valence-corrected chi connectivity index (χ4v) is 2.38. The van der Waals surface area contributed by atoms with E-state index in [9.17, 15) is 0 Å². The Balaban J connectivity index is 2.24. The van der Waals surface area contributed by atoms with Crippen LogP contribution in [0.2, 0.25) is 0 Å². The largest absolute Gasteiger partial charge is 0.382 e. The smallest absolute Gasteiger partial charge is 0.0478 e. The molecule has 1 heterocycles. The predicted molar refractivity (Wildman–Crippen MR) is 68.7 cm³/mol. The Kier molecular flexibility index (Phi) is 7.01. The zero-order valence-corrected chi connectivity index (χ0v) is 11.2. The number of hydrogen-bond donors (Lipinski definition) is 1. The molecule has 0 aromatic heterocycles. The van der Waals surface area contributed by atoms with Crippen LogP contribution >= 0.6 is 0 Å². The Morgan fingerprint density at radius 1 is 1.19 bits per heavy atom. The third kappa shape index (κ3) is 5.83. The van der Waals surface area contributed by atoms with Crippen LogP contribution in [0.3, 0.4) is 0 Å². The minimum Gasteiger partial charge on any atom is -0.382 e. The van der Waals surface area contributed by atoms with E-state index in [2.05, 4.69) is 31.0 Å². The summed E-state index contributed by atoms with van der Waals surface area (Å²) in [6.07, 6.45) is 1.17. The van der Waals surface area contributed by atoms with Crippen molar-refractivity contribution in [2.45, 2.75) is 27.2 Å². The Morgan fingerprint density at radius 3 is 2.38 bits per heavy atom. The van der Waals surface area contributed by atoms with Gasteiger partial charge in [-0.25, -0.2) is 0 Å². The molecule has 0 aliphatic carbocycles. The Hall–Kier alpha value is -0.120. The van der Waals surface area contributed by atoms with Crippen molar-refractivity contribution in [3.63, 3.8) is 0 Å². The van der Waals surface area contributed by atoms with E-state index in [4.69, 9.17) is 4.74 Å². The first-order chi connectivity index (χ1) is 7.72. The lowest BCUT2D eigenvalue weighted by Gasteiger charge is -2.31. The zero-order chi connectivity index (χ0) is 11.8. The van der Waals surface area contributed by atoms with Gasteiger partial charge in [-0.05, 0) is 38.3 Å². The lowest BCUT2D eigenvalue weighted by atomic mass is 10.1. The molecule has 0 saturated carbocycles. The minimum atomic E-state index is 0.764. The maximum absolute atomic E-state index is 5.40. The van der Waals surface area contributed by atoms with Crippen LogP contribution in [0, 0.1) is 11.8 Å². The molecule has 1 fully saturated rings. The highest BCUT2D eigenvalue weighted by molar-refractivity contribution is 4.72. The molecule has 3 heteroatoms. The van der Waals surface area contributed by atoms with E-state index in [1.165, 1.54) is 26.1 Å². The number of nitrogens with zero attached hydrogens (tertiary/aromatic N) is 1. The molecule has 0 aromatic carbocycles. The SMILES string of the molecule is CCOCCCN1CC(C)CNCC(C)C1. The third-order valence-corrected chi connectivity index (χ3v) is 3.09. The Bertz CT molecular complexity index is 163. The van der Waals surface area contributed by atoms with Crippen molar-refractivity contribution in [3.05, 3.63) is 0 Å². The topological polar surface area (TPSA) is 24.5 Å². The van der Waals surface area contributed by atoms with Gasteiger partial charge in [-0.1, -0.05) is 13.8 Å². The number of nitrogens with one attached hydrogen (secondary N) is 1. The van der Waals surface area contributed by atoms with Gasteiger partial charge in [0.1, 0.15) is 0 Å². The summed E-state index contributed by atoms with van der Waals surface area (Å²) in [5, 5.41) is 3.53. The molecule has 16 heavy (non-hydrogen) atoms. The second-order valence-corrected chi connectivity index (χ2v) is 5.18. The van der Waals surface area contributed by atoms with Crippen molar-refractivity contribution in [3.8, 4) is 0 Å². The molecule has 0 bridgehead atoms. The van der Waals surface area contributed by atoms with Crippen LogP contribution in [0.15, 0.2) is 0 Å². The monoisotopic (exact) mass is 228 g/mol. The summed E-state index contributed by atoms with van der Waals surface area (Å²) in [7, 11) is 0. The molecule has 1 aliphatic heterocycles. The highest BCUT2D eigenvalue weighted by Crippen LogP contribution is 2.08. The van der Waals surface area contributed by atoms with E-state index >= 15 is 0 Å². The average Bonchev–Trinajstić information content (AvgIpc) is 2.22. The van der Waals surface area contributed by atoms with Crippen molar-refractivity contribution in [2.75, 3.05) is 45.9 Å². The van der Waals surface area contributed by atoms with Gasteiger partial charge in [0.2, 0.25) is 0 Å². The molecule has 2 unspecified atom stereocenters. The summed E-state index contributed by atoms with van der Waals surface area (Å²) in [6.45, 7) is 14.4. The van der Waals surface area contributed by atoms with Crippen LogP contribution in [0.4, 0.5) is 0 Å². The molecule has 1 N–H and O–H groups in total. The summed E-state index contributed by atoms with van der Waals surface area (Å²) >= 11 is 0. The van der Waals surface area contributed by atoms with Crippen LogP contribution in [0.1, 0.15) is 27.2 Å². The van der Waals surface area contributed by atoms with E-state index in [1.54, 1.807) is 0 Å². The quantitative estimate of drug-likeness (QED) is 0.723. The third-order valence-electron chi connectivity index (χ3n) is 3.09. The summed E-state index contributed by atoms with van der Waals surface area (Å²) in [6, 6.07) is 0. The van der Waals surface area contributed by atoms with Gasteiger partial charge < -0.3 is 15.0 Å². The molecule has 3 nitrogen and oxygen atoms in total. The normalized spacial score (nSPS) is 28.7. The molecule has 1 rings (SSSR count). The standard InChI is InChI=1S/C13H28N2O/c1-4-16-7-5-6-15-10-12(2)8-14-9-13(3)11-15/h12-14H,4-11H2,1-3H3. The second kappa shape index (κ2) is 8.04. The van der Waals surface area contributed by atoms with Crippen LogP contribution in [-0.4, -0.2) is 50.8 Å². The molecule has 0 aromatic rings. The Labute approximate surface area is 101 Å². The lowest BCUT2D eigenvalue weighted by molar-refractivity contribution is 0.120. The number of rotatable bonds is 5. The van der Waals surface area contributed by atoms with Gasteiger partial charge in [-0.15, -0.1) is 0 Å². The second-order valence-electron chi connectivity index (χ2n) is 5.18. The summed E-state index contributed by atoms with van der Waals surface area (Å²) in [4.78, 5) is 2.61. The van der Waals surface area contributed by atoms with Crippen LogP contribution in [0.25, 0.3) is 0 Å². The van der Waals surface area contributed by atoms with Crippen molar-refractivity contribution in [2.24, 2.45) is 11.8 Å². The molecule has 1 aliphatic rings. The number of hydrogen-bond acceptors (Lipinski definition) is 3. The molecular weight excluding hydrogens is 200 g/mol. The van der Waals surface area contributed by atoms with E-state index in [-0.39, 0.29) is 0 Å². The van der Waals surface area contributed by atoms with Crippen LogP contribution < -0.4 is 5.32 Å². The maximum atomic E-state index is 5.40. The van der Waals surface area contributed by atoms with E-state index in [0.29, 0.717) is 0 Å². The lowest BCUT2D eigenvalue weighted by Crippen LogP contribution is -2.43. The highest BCUT2D eigenvalue weighted by atomic mass is 16.5. The summed E-state index contributed by atoms with van der Waals surface area (Å²) < 4.78 is 5.40. The summed E-state index contributed by atoms with van der Waals surface area (Å²) in [5.41, 5.74) is 0. The maximum Gasteiger partial charge on any atom is 0.0478 e. The fourth-order valence-electron chi connectivity index (χ4n) is 2.38. The molecule has 96 valence electrons. The van der Waals surface area contributed by atoms with Gasteiger partial charge in [0.25, 0.3) is 0 Å². The molecule has 1 saturated heterocycles. The molecule has 0 amide bonds. The predicted octanol–water partition coefficient (Wildman–Crippen LogP) is 1.59. The van der Waals surface area contributed by atoms with Gasteiger partial charge in [-0.3, -0.25) is 0 Å². The molecule has 2 atom stereocenters. The van der Waals surface area contributed by atoms with Crippen molar-refractivity contribution in [1.82, 2.24) is 10.2 Å². The van der Waals surface area contributed by atoms with E-state index < -0.39 is 0 Å². The van der Waals surface area contributed by atoms with Crippen molar-refractivity contribution < 1.29 is 4.74 Å². The Morgan fingerprint density at radius 2 is 1.81 bits per heavy atom. The van der Waals surface area contributed by atoms with E-state index in [0.717, 1.165) is 38.1 Å². The number of ether oxygens (including phenoxy) is 1. The van der Waals surface area contributed by atoms with Crippen LogP contribution in [0.5, 0.6) is 0 Å². The zero-order valence-electron chi connectivity index (χ0n) is 11.2. The average molecular weight is 228 g/mol. The molecule has 0 radical (unpaired) electrons. The minimum absolute atomic E-state index is 0.764. The van der Waals surface area contributed by atoms with Crippen LogP contribution in [-0.2, 0) is 4.74 Å². The summed E-state index contributed by atoms with van der Waals surface area (Å²) in [5.74, 6) is 1.53. The van der Waals surface area contributed by atoms with Gasteiger partial charge in [0.05, 0.1) is 0 Å². The van der Waals surface area contributed by atoms with Gasteiger partial charge in [0.15, 0.2) is 0 Å². The van der Waals surface area contributed by atoms with E-state index in [1.807, 2.05) is 0 Å². The first-order valence-corrected chi connectivity index (χ1v) is 6.73. The first kappa shape index (κ1) is 13.9. The fraction of sp³-hybridized carbons (Fsp3) is 1.00. The first-order valence-electron chi connectivity index (χ1n) is 6.73. The van der Waals surface area contributed by atoms with Gasteiger partial charge in [0, 0.05) is 32.8 Å². The van der Waals surface area contributed by atoms with Gasteiger partial charge >= 0.3 is 0 Å². The van der Waals surface area contributed by atoms with Crippen molar-refractivity contribution >= 4 is 0 Å². The molecule has 0 spiro atoms.